The second-order valence-electron chi connectivity index (χ2n) is 7.13. The summed E-state index contributed by atoms with van der Waals surface area (Å²) in [6, 6.07) is 0. The first-order valence-corrected chi connectivity index (χ1v) is 8.80. The van der Waals surface area contributed by atoms with Gasteiger partial charge in [-0.15, -0.1) is 0 Å². The van der Waals surface area contributed by atoms with E-state index in [1.165, 1.54) is 5.56 Å². The average molecular weight is 347 g/mol. The molecule has 1 aliphatic rings. The Morgan fingerprint density at radius 2 is 1.36 bits per heavy atom. The van der Waals surface area contributed by atoms with Crippen LogP contribution in [-0.4, -0.2) is 48.7 Å². The lowest BCUT2D eigenvalue weighted by Gasteiger charge is -2.35. The fourth-order valence-electron chi connectivity index (χ4n) is 3.48. The van der Waals surface area contributed by atoms with Crippen LogP contribution >= 0.6 is 0 Å². The zero-order chi connectivity index (χ0) is 18.9. The van der Waals surface area contributed by atoms with Crippen LogP contribution in [-0.2, 0) is 14.3 Å². The quantitative estimate of drug-likeness (QED) is 0.789. The Morgan fingerprint density at radius 3 is 1.84 bits per heavy atom. The number of esters is 1. The summed E-state index contributed by atoms with van der Waals surface area (Å²) in [6.07, 6.45) is -0.00873. The second kappa shape index (κ2) is 7.56. The van der Waals surface area contributed by atoms with E-state index in [-0.39, 0.29) is 24.7 Å². The molecule has 0 aromatic heterocycles. The maximum atomic E-state index is 12.6. The molecule has 0 spiro atoms. The Balaban J connectivity index is 2.10. The Morgan fingerprint density at radius 1 is 0.920 bits per heavy atom. The minimum Gasteiger partial charge on any atom is -0.452 e. The lowest BCUT2D eigenvalue weighted by Crippen LogP contribution is -2.49. The number of carbonyl (C=O) groups excluding carboxylic acids is 2. The number of rotatable bonds is 3. The largest absolute Gasteiger partial charge is 0.452 e. The van der Waals surface area contributed by atoms with E-state index in [4.69, 9.17) is 9.47 Å². The summed E-state index contributed by atoms with van der Waals surface area (Å²) in [7, 11) is 0. The third-order valence-corrected chi connectivity index (χ3v) is 5.30. The van der Waals surface area contributed by atoms with Crippen LogP contribution in [0.15, 0.2) is 0 Å². The van der Waals surface area contributed by atoms with Gasteiger partial charge in [0.15, 0.2) is 6.61 Å². The van der Waals surface area contributed by atoms with E-state index >= 15 is 0 Å². The van der Waals surface area contributed by atoms with Gasteiger partial charge in [0.05, 0.1) is 17.8 Å². The number of benzene rings is 1. The van der Waals surface area contributed by atoms with Crippen LogP contribution in [0.25, 0.3) is 0 Å². The highest BCUT2D eigenvalue weighted by Gasteiger charge is 2.27. The summed E-state index contributed by atoms with van der Waals surface area (Å²) >= 11 is 0. The maximum absolute atomic E-state index is 12.6. The zero-order valence-electron chi connectivity index (χ0n) is 16.4. The van der Waals surface area contributed by atoms with Crippen LogP contribution in [0.3, 0.4) is 0 Å². The third kappa shape index (κ3) is 4.03. The first kappa shape index (κ1) is 19.4. The van der Waals surface area contributed by atoms with Crippen LogP contribution in [0.4, 0.5) is 0 Å². The van der Waals surface area contributed by atoms with Gasteiger partial charge >= 0.3 is 5.97 Å². The minimum absolute atomic E-state index is 0.00436. The van der Waals surface area contributed by atoms with Gasteiger partial charge in [0.1, 0.15) is 0 Å². The molecular weight excluding hydrogens is 318 g/mol. The van der Waals surface area contributed by atoms with Gasteiger partial charge in [-0.1, -0.05) is 0 Å². The summed E-state index contributed by atoms with van der Waals surface area (Å²) in [5.41, 5.74) is 5.81. The summed E-state index contributed by atoms with van der Waals surface area (Å²) in [6.45, 7) is 14.6. The number of hydrogen-bond donors (Lipinski definition) is 0. The summed E-state index contributed by atoms with van der Waals surface area (Å²) in [4.78, 5) is 26.7. The van der Waals surface area contributed by atoms with Crippen LogP contribution in [0, 0.1) is 34.6 Å². The molecule has 2 atom stereocenters. The van der Waals surface area contributed by atoms with Gasteiger partial charge in [-0.2, -0.15) is 0 Å². The molecule has 5 heteroatoms. The Hall–Kier alpha value is -1.88. The molecule has 2 rings (SSSR count). The van der Waals surface area contributed by atoms with Crippen molar-refractivity contribution in [1.29, 1.82) is 0 Å². The molecule has 1 amide bonds. The number of nitrogens with zero attached hydrogens (tertiary/aromatic N) is 1. The van der Waals surface area contributed by atoms with Gasteiger partial charge < -0.3 is 14.4 Å². The maximum Gasteiger partial charge on any atom is 0.339 e. The predicted molar refractivity (Wildman–Crippen MR) is 97.0 cm³/mol. The highest BCUT2D eigenvalue weighted by Crippen LogP contribution is 2.26. The van der Waals surface area contributed by atoms with Crippen molar-refractivity contribution in [1.82, 2.24) is 4.90 Å². The molecule has 5 nitrogen and oxygen atoms in total. The molecule has 1 aromatic rings. The Kier molecular flexibility index (Phi) is 5.88. The molecule has 0 radical (unpaired) electrons. The second-order valence-corrected chi connectivity index (χ2v) is 7.13. The first-order chi connectivity index (χ1) is 11.6. The smallest absolute Gasteiger partial charge is 0.339 e. The highest BCUT2D eigenvalue weighted by molar-refractivity contribution is 5.95. The molecule has 1 saturated heterocycles. The van der Waals surface area contributed by atoms with Crippen molar-refractivity contribution in [2.75, 3.05) is 19.7 Å². The molecule has 1 heterocycles. The molecule has 0 aliphatic carbocycles. The lowest BCUT2D eigenvalue weighted by molar-refractivity contribution is -0.146. The van der Waals surface area contributed by atoms with E-state index in [0.29, 0.717) is 18.7 Å². The molecule has 0 saturated carbocycles. The zero-order valence-corrected chi connectivity index (χ0v) is 16.4. The van der Waals surface area contributed by atoms with E-state index in [1.807, 2.05) is 41.5 Å². The normalized spacial score (nSPS) is 20.5. The number of amides is 1. The molecule has 0 unspecified atom stereocenters. The fourth-order valence-corrected chi connectivity index (χ4v) is 3.48. The number of hydrogen-bond acceptors (Lipinski definition) is 4. The molecule has 138 valence electrons. The van der Waals surface area contributed by atoms with E-state index in [1.54, 1.807) is 4.90 Å². The van der Waals surface area contributed by atoms with E-state index in [2.05, 4.69) is 6.92 Å². The van der Waals surface area contributed by atoms with Crippen molar-refractivity contribution in [3.63, 3.8) is 0 Å². The van der Waals surface area contributed by atoms with Gasteiger partial charge in [0.25, 0.3) is 5.91 Å². The van der Waals surface area contributed by atoms with Crippen LogP contribution < -0.4 is 0 Å². The van der Waals surface area contributed by atoms with Crippen molar-refractivity contribution in [2.24, 2.45) is 0 Å². The van der Waals surface area contributed by atoms with Gasteiger partial charge in [-0.05, 0) is 76.3 Å². The molecule has 25 heavy (non-hydrogen) atoms. The summed E-state index contributed by atoms with van der Waals surface area (Å²) in [5, 5.41) is 0. The van der Waals surface area contributed by atoms with Gasteiger partial charge in [-0.25, -0.2) is 4.79 Å². The molecule has 1 aromatic carbocycles. The highest BCUT2D eigenvalue weighted by atomic mass is 16.5. The lowest BCUT2D eigenvalue weighted by atomic mass is 9.90. The van der Waals surface area contributed by atoms with Gasteiger partial charge in [0.2, 0.25) is 0 Å². The molecule has 1 fully saturated rings. The average Bonchev–Trinajstić information content (AvgIpc) is 2.55. The van der Waals surface area contributed by atoms with Crippen molar-refractivity contribution in [2.45, 2.75) is 60.7 Å². The van der Waals surface area contributed by atoms with E-state index in [9.17, 15) is 9.59 Å². The van der Waals surface area contributed by atoms with Crippen molar-refractivity contribution >= 4 is 11.9 Å². The number of carbonyl (C=O) groups is 2. The van der Waals surface area contributed by atoms with Gasteiger partial charge in [-0.3, -0.25) is 4.79 Å². The summed E-state index contributed by atoms with van der Waals surface area (Å²) in [5.74, 6) is -0.602. The number of ether oxygens (including phenoxy) is 2. The van der Waals surface area contributed by atoms with Crippen LogP contribution in [0.2, 0.25) is 0 Å². The van der Waals surface area contributed by atoms with E-state index < -0.39 is 5.97 Å². The number of morpholine rings is 1. The molecule has 0 N–H and O–H groups in total. The molecule has 1 aliphatic heterocycles. The monoisotopic (exact) mass is 347 g/mol. The predicted octanol–water partition coefficient (Wildman–Crippen LogP) is 3.02. The third-order valence-electron chi connectivity index (χ3n) is 5.30. The van der Waals surface area contributed by atoms with E-state index in [0.717, 1.165) is 22.3 Å². The molecular formula is C20H29NO4. The summed E-state index contributed by atoms with van der Waals surface area (Å²) < 4.78 is 11.0. The standard InChI is InChI=1S/C20H29NO4/c1-11-8-21(9-12(2)25-11)18(22)10-24-20(23)19-16(6)14(4)13(3)15(5)17(19)7/h11-12H,8-10H2,1-7H3/t11-,12-/m0/s1. The van der Waals surface area contributed by atoms with Crippen molar-refractivity contribution < 1.29 is 19.1 Å². The van der Waals surface area contributed by atoms with Crippen LogP contribution in [0.1, 0.15) is 52.0 Å². The first-order valence-electron chi connectivity index (χ1n) is 8.80. The SMILES string of the molecule is Cc1c(C)c(C)c(C(=O)OCC(=O)N2C[C@H](C)O[C@@H](C)C2)c(C)c1C. The minimum atomic E-state index is -0.427. The Labute approximate surface area is 150 Å². The fraction of sp³-hybridized carbons (Fsp3) is 0.600. The van der Waals surface area contributed by atoms with Gasteiger partial charge in [0, 0.05) is 13.1 Å². The topological polar surface area (TPSA) is 55.8 Å². The van der Waals surface area contributed by atoms with Crippen molar-refractivity contribution in [3.8, 4) is 0 Å². The molecule has 0 bridgehead atoms. The Bertz CT molecular complexity index is 656. The van der Waals surface area contributed by atoms with Crippen LogP contribution in [0.5, 0.6) is 0 Å². The van der Waals surface area contributed by atoms with Crippen molar-refractivity contribution in [3.05, 3.63) is 33.4 Å².